The van der Waals surface area contributed by atoms with Crippen molar-refractivity contribution in [2.45, 2.75) is 50.6 Å². The van der Waals surface area contributed by atoms with Gasteiger partial charge in [0.2, 0.25) is 5.91 Å². The third-order valence-electron chi connectivity index (χ3n) is 3.47. The molecule has 80 valence electrons. The van der Waals surface area contributed by atoms with Gasteiger partial charge in [0.1, 0.15) is 0 Å². The highest BCUT2D eigenvalue weighted by atomic mass is 16.2. The van der Waals surface area contributed by atoms with E-state index >= 15 is 0 Å². The Balaban J connectivity index is 1.82. The lowest BCUT2D eigenvalue weighted by molar-refractivity contribution is -0.128. The largest absolute Gasteiger partial charge is 0.344 e. The van der Waals surface area contributed by atoms with Gasteiger partial charge in [-0.25, -0.2) is 0 Å². The molecule has 1 saturated carbocycles. The van der Waals surface area contributed by atoms with E-state index in [0.29, 0.717) is 6.04 Å². The summed E-state index contributed by atoms with van der Waals surface area (Å²) in [5, 5.41) is 3.51. The average molecular weight is 196 g/mol. The quantitative estimate of drug-likeness (QED) is 0.718. The van der Waals surface area contributed by atoms with Gasteiger partial charge in [0.05, 0.1) is 6.04 Å². The highest BCUT2D eigenvalue weighted by Crippen LogP contribution is 2.19. The number of hydrogen-bond donors (Lipinski definition) is 1. The summed E-state index contributed by atoms with van der Waals surface area (Å²) in [6.45, 7) is 0.920. The Morgan fingerprint density at radius 3 is 2.50 bits per heavy atom. The van der Waals surface area contributed by atoms with Gasteiger partial charge < -0.3 is 10.2 Å². The number of amides is 1. The highest BCUT2D eigenvalue weighted by molar-refractivity contribution is 5.83. The van der Waals surface area contributed by atoms with E-state index in [1.165, 1.54) is 32.1 Å². The van der Waals surface area contributed by atoms with Gasteiger partial charge in [-0.15, -0.1) is 0 Å². The maximum absolute atomic E-state index is 11.6. The first-order chi connectivity index (χ1) is 6.77. The van der Waals surface area contributed by atoms with Gasteiger partial charge in [-0.05, 0) is 19.3 Å². The molecule has 0 bridgehead atoms. The van der Waals surface area contributed by atoms with E-state index in [2.05, 4.69) is 5.32 Å². The van der Waals surface area contributed by atoms with Crippen molar-refractivity contribution in [1.29, 1.82) is 0 Å². The van der Waals surface area contributed by atoms with Crippen molar-refractivity contribution in [2.75, 3.05) is 13.6 Å². The van der Waals surface area contributed by atoms with Gasteiger partial charge in [0.15, 0.2) is 0 Å². The standard InChI is InChI=1S/C11H20N2O/c1-13-8-7-10(11(13)14)12-9-5-3-2-4-6-9/h9-10,12H,2-8H2,1H3. The molecule has 1 aliphatic carbocycles. The Kier molecular flexibility index (Phi) is 3.06. The normalized spacial score (nSPS) is 29.9. The fourth-order valence-corrected chi connectivity index (χ4v) is 2.53. The van der Waals surface area contributed by atoms with Crippen molar-refractivity contribution in [3.63, 3.8) is 0 Å². The Morgan fingerprint density at radius 2 is 1.93 bits per heavy atom. The molecule has 2 fully saturated rings. The van der Waals surface area contributed by atoms with Crippen molar-refractivity contribution in [1.82, 2.24) is 10.2 Å². The SMILES string of the molecule is CN1CCC(NC2CCCCC2)C1=O. The van der Waals surface area contributed by atoms with Crippen LogP contribution >= 0.6 is 0 Å². The number of rotatable bonds is 2. The van der Waals surface area contributed by atoms with Crippen LogP contribution in [0.15, 0.2) is 0 Å². The molecule has 2 rings (SSSR count). The second kappa shape index (κ2) is 4.30. The van der Waals surface area contributed by atoms with E-state index in [1.54, 1.807) is 0 Å². The van der Waals surface area contributed by atoms with Gasteiger partial charge >= 0.3 is 0 Å². The number of likely N-dealkylation sites (tertiary alicyclic amines) is 1. The number of hydrogen-bond acceptors (Lipinski definition) is 2. The summed E-state index contributed by atoms with van der Waals surface area (Å²) >= 11 is 0. The molecule has 0 aromatic carbocycles. The van der Waals surface area contributed by atoms with Crippen LogP contribution in [0, 0.1) is 0 Å². The van der Waals surface area contributed by atoms with Gasteiger partial charge in [-0.3, -0.25) is 4.79 Å². The van der Waals surface area contributed by atoms with E-state index in [0.717, 1.165) is 13.0 Å². The summed E-state index contributed by atoms with van der Waals surface area (Å²) < 4.78 is 0. The fourth-order valence-electron chi connectivity index (χ4n) is 2.53. The molecular weight excluding hydrogens is 176 g/mol. The first-order valence-corrected chi connectivity index (χ1v) is 5.78. The molecule has 0 spiro atoms. The molecule has 1 N–H and O–H groups in total. The zero-order valence-corrected chi connectivity index (χ0v) is 8.96. The molecule has 0 aromatic heterocycles. The molecule has 1 aliphatic heterocycles. The molecule has 1 atom stereocenters. The number of likely N-dealkylation sites (N-methyl/N-ethyl adjacent to an activating group) is 1. The van der Waals surface area contributed by atoms with Crippen molar-refractivity contribution in [2.24, 2.45) is 0 Å². The number of carbonyl (C=O) groups is 1. The third kappa shape index (κ3) is 2.08. The monoisotopic (exact) mass is 196 g/mol. The predicted molar refractivity (Wildman–Crippen MR) is 56.1 cm³/mol. The van der Waals surface area contributed by atoms with Crippen LogP contribution in [0.5, 0.6) is 0 Å². The Hall–Kier alpha value is -0.570. The summed E-state index contributed by atoms with van der Waals surface area (Å²) in [5.74, 6) is 0.288. The lowest BCUT2D eigenvalue weighted by atomic mass is 9.95. The predicted octanol–water partition coefficient (Wildman–Crippen LogP) is 1.14. The lowest BCUT2D eigenvalue weighted by Gasteiger charge is -2.25. The van der Waals surface area contributed by atoms with Crippen LogP contribution in [0.25, 0.3) is 0 Å². The van der Waals surface area contributed by atoms with E-state index in [-0.39, 0.29) is 11.9 Å². The molecule has 1 saturated heterocycles. The number of carbonyl (C=O) groups excluding carboxylic acids is 1. The Morgan fingerprint density at radius 1 is 1.21 bits per heavy atom. The van der Waals surface area contributed by atoms with Crippen LogP contribution in [-0.2, 0) is 4.79 Å². The molecule has 14 heavy (non-hydrogen) atoms. The Labute approximate surface area is 85.8 Å². The van der Waals surface area contributed by atoms with Crippen LogP contribution in [0.2, 0.25) is 0 Å². The van der Waals surface area contributed by atoms with Crippen LogP contribution in [0.1, 0.15) is 38.5 Å². The molecular formula is C11H20N2O. The number of nitrogens with zero attached hydrogens (tertiary/aromatic N) is 1. The maximum atomic E-state index is 11.6. The summed E-state index contributed by atoms with van der Waals surface area (Å²) in [4.78, 5) is 13.5. The van der Waals surface area contributed by atoms with Crippen molar-refractivity contribution in [3.05, 3.63) is 0 Å². The lowest BCUT2D eigenvalue weighted by Crippen LogP contribution is -2.43. The second-order valence-electron chi connectivity index (χ2n) is 4.60. The van der Waals surface area contributed by atoms with Gasteiger partial charge in [0.25, 0.3) is 0 Å². The van der Waals surface area contributed by atoms with Crippen LogP contribution in [0.4, 0.5) is 0 Å². The Bertz CT molecular complexity index is 211. The van der Waals surface area contributed by atoms with E-state index < -0.39 is 0 Å². The smallest absolute Gasteiger partial charge is 0.239 e. The number of nitrogens with one attached hydrogen (secondary N) is 1. The van der Waals surface area contributed by atoms with Gasteiger partial charge in [-0.2, -0.15) is 0 Å². The van der Waals surface area contributed by atoms with Crippen molar-refractivity contribution < 1.29 is 4.79 Å². The minimum atomic E-state index is 0.114. The van der Waals surface area contributed by atoms with E-state index in [4.69, 9.17) is 0 Å². The average Bonchev–Trinajstić information content (AvgIpc) is 2.52. The molecule has 3 nitrogen and oxygen atoms in total. The summed E-state index contributed by atoms with van der Waals surface area (Å²) in [7, 11) is 1.89. The van der Waals surface area contributed by atoms with Crippen LogP contribution in [0.3, 0.4) is 0 Å². The summed E-state index contributed by atoms with van der Waals surface area (Å²) in [5.41, 5.74) is 0. The van der Waals surface area contributed by atoms with Crippen molar-refractivity contribution in [3.8, 4) is 0 Å². The fraction of sp³-hybridized carbons (Fsp3) is 0.909. The minimum Gasteiger partial charge on any atom is -0.344 e. The third-order valence-corrected chi connectivity index (χ3v) is 3.47. The van der Waals surface area contributed by atoms with E-state index in [1.807, 2.05) is 11.9 Å². The molecule has 1 amide bonds. The minimum absolute atomic E-state index is 0.114. The zero-order valence-electron chi connectivity index (χ0n) is 8.96. The van der Waals surface area contributed by atoms with Gasteiger partial charge in [0, 0.05) is 19.6 Å². The molecule has 1 unspecified atom stereocenters. The van der Waals surface area contributed by atoms with Crippen LogP contribution < -0.4 is 5.32 Å². The summed E-state index contributed by atoms with van der Waals surface area (Å²) in [6, 6.07) is 0.715. The highest BCUT2D eigenvalue weighted by Gasteiger charge is 2.30. The zero-order chi connectivity index (χ0) is 9.97. The molecule has 3 heteroatoms. The summed E-state index contributed by atoms with van der Waals surface area (Å²) in [6.07, 6.45) is 7.53. The molecule has 2 aliphatic rings. The maximum Gasteiger partial charge on any atom is 0.239 e. The molecule has 1 heterocycles. The van der Waals surface area contributed by atoms with Crippen LogP contribution in [-0.4, -0.2) is 36.5 Å². The molecule has 0 radical (unpaired) electrons. The topological polar surface area (TPSA) is 32.3 Å². The first kappa shape index (κ1) is 9.97. The second-order valence-corrected chi connectivity index (χ2v) is 4.60. The van der Waals surface area contributed by atoms with Gasteiger partial charge in [-0.1, -0.05) is 19.3 Å². The van der Waals surface area contributed by atoms with Crippen molar-refractivity contribution >= 4 is 5.91 Å². The first-order valence-electron chi connectivity index (χ1n) is 5.78. The molecule has 0 aromatic rings. The van der Waals surface area contributed by atoms with E-state index in [9.17, 15) is 4.79 Å².